The number of halogens is 4. The SMILES string of the molecule is FC(F)(F)c1cc(NC2CCSC2)ccc1Br. The first-order valence-corrected chi connectivity index (χ1v) is 7.12. The van der Waals surface area contributed by atoms with E-state index in [9.17, 15) is 13.2 Å². The van der Waals surface area contributed by atoms with Crippen LogP contribution in [0.4, 0.5) is 18.9 Å². The van der Waals surface area contributed by atoms with Gasteiger partial charge in [-0.15, -0.1) is 0 Å². The van der Waals surface area contributed by atoms with Crippen LogP contribution in [0.1, 0.15) is 12.0 Å². The first kappa shape index (κ1) is 13.1. The first-order chi connectivity index (χ1) is 7.97. The van der Waals surface area contributed by atoms with E-state index >= 15 is 0 Å². The summed E-state index contributed by atoms with van der Waals surface area (Å²) in [6.07, 6.45) is -3.32. The lowest BCUT2D eigenvalue weighted by atomic mass is 10.1. The molecule has 1 atom stereocenters. The maximum absolute atomic E-state index is 12.7. The molecule has 1 aliphatic rings. The lowest BCUT2D eigenvalue weighted by molar-refractivity contribution is -0.138. The van der Waals surface area contributed by atoms with Gasteiger partial charge in [-0.05, 0) is 30.4 Å². The van der Waals surface area contributed by atoms with E-state index in [0.29, 0.717) is 5.69 Å². The minimum Gasteiger partial charge on any atom is -0.381 e. The third-order valence-corrected chi connectivity index (χ3v) is 4.43. The minimum absolute atomic E-state index is 0.0800. The van der Waals surface area contributed by atoms with Crippen LogP contribution in [0.25, 0.3) is 0 Å². The third kappa shape index (κ3) is 3.31. The number of benzene rings is 1. The number of anilines is 1. The molecular weight excluding hydrogens is 315 g/mol. The zero-order valence-corrected chi connectivity index (χ0v) is 11.3. The van der Waals surface area contributed by atoms with Crippen LogP contribution in [0.3, 0.4) is 0 Å². The summed E-state index contributed by atoms with van der Waals surface area (Å²) < 4.78 is 38.1. The van der Waals surface area contributed by atoms with Crippen molar-refractivity contribution in [1.82, 2.24) is 0 Å². The van der Waals surface area contributed by atoms with E-state index in [2.05, 4.69) is 21.2 Å². The molecule has 0 aromatic heterocycles. The smallest absolute Gasteiger partial charge is 0.381 e. The Morgan fingerprint density at radius 3 is 2.71 bits per heavy atom. The van der Waals surface area contributed by atoms with Crippen molar-refractivity contribution < 1.29 is 13.2 Å². The van der Waals surface area contributed by atoms with Crippen LogP contribution in [-0.4, -0.2) is 17.5 Å². The topological polar surface area (TPSA) is 12.0 Å². The number of alkyl halides is 3. The fourth-order valence-corrected chi connectivity index (χ4v) is 3.34. The first-order valence-electron chi connectivity index (χ1n) is 5.18. The predicted molar refractivity (Wildman–Crippen MR) is 68.5 cm³/mol. The van der Waals surface area contributed by atoms with Gasteiger partial charge < -0.3 is 5.32 Å². The van der Waals surface area contributed by atoms with Crippen LogP contribution < -0.4 is 5.32 Å². The molecule has 2 rings (SSSR count). The van der Waals surface area contributed by atoms with Crippen molar-refractivity contribution in [2.75, 3.05) is 16.8 Å². The fraction of sp³-hybridized carbons (Fsp3) is 0.455. The van der Waals surface area contributed by atoms with Crippen molar-refractivity contribution in [3.8, 4) is 0 Å². The van der Waals surface area contributed by atoms with Gasteiger partial charge in [0.15, 0.2) is 0 Å². The second kappa shape index (κ2) is 5.10. The molecule has 1 aromatic rings. The van der Waals surface area contributed by atoms with Crippen LogP contribution in [0, 0.1) is 0 Å². The van der Waals surface area contributed by atoms with E-state index in [1.807, 2.05) is 11.8 Å². The van der Waals surface area contributed by atoms with E-state index in [-0.39, 0.29) is 10.5 Å². The zero-order valence-electron chi connectivity index (χ0n) is 8.85. The van der Waals surface area contributed by atoms with Gasteiger partial charge in [0.25, 0.3) is 0 Å². The van der Waals surface area contributed by atoms with Gasteiger partial charge in [0.1, 0.15) is 0 Å². The molecule has 0 amide bonds. The Balaban J connectivity index is 2.18. The van der Waals surface area contributed by atoms with Gasteiger partial charge in [0.2, 0.25) is 0 Å². The number of hydrogen-bond donors (Lipinski definition) is 1. The van der Waals surface area contributed by atoms with Gasteiger partial charge >= 0.3 is 6.18 Å². The quantitative estimate of drug-likeness (QED) is 0.865. The summed E-state index contributed by atoms with van der Waals surface area (Å²) in [4.78, 5) is 0. The molecule has 1 unspecified atom stereocenters. The molecule has 0 aliphatic carbocycles. The van der Waals surface area contributed by atoms with E-state index in [4.69, 9.17) is 0 Å². The van der Waals surface area contributed by atoms with E-state index in [1.54, 1.807) is 6.07 Å². The highest BCUT2D eigenvalue weighted by atomic mass is 79.9. The van der Waals surface area contributed by atoms with Crippen LogP contribution in [0.5, 0.6) is 0 Å². The van der Waals surface area contributed by atoms with Crippen molar-refractivity contribution in [2.45, 2.75) is 18.6 Å². The summed E-state index contributed by atoms with van der Waals surface area (Å²) >= 11 is 4.75. The Bertz CT molecular complexity index is 402. The summed E-state index contributed by atoms with van der Waals surface area (Å²) in [5.74, 6) is 2.03. The molecule has 0 spiro atoms. The number of thioether (sulfide) groups is 1. The Labute approximate surface area is 110 Å². The largest absolute Gasteiger partial charge is 0.417 e. The Morgan fingerprint density at radius 2 is 2.12 bits per heavy atom. The number of nitrogens with one attached hydrogen (secondary N) is 1. The molecule has 1 aliphatic heterocycles. The highest BCUT2D eigenvalue weighted by molar-refractivity contribution is 9.10. The van der Waals surface area contributed by atoms with Crippen molar-refractivity contribution in [2.24, 2.45) is 0 Å². The third-order valence-electron chi connectivity index (χ3n) is 2.57. The van der Waals surface area contributed by atoms with E-state index < -0.39 is 11.7 Å². The Hall–Kier alpha value is -0.360. The second-order valence-corrected chi connectivity index (χ2v) is 5.90. The van der Waals surface area contributed by atoms with Crippen molar-refractivity contribution >= 4 is 33.4 Å². The van der Waals surface area contributed by atoms with Gasteiger partial charge in [-0.25, -0.2) is 0 Å². The van der Waals surface area contributed by atoms with Crippen molar-refractivity contribution in [1.29, 1.82) is 0 Å². The van der Waals surface area contributed by atoms with E-state index in [1.165, 1.54) is 6.07 Å². The van der Waals surface area contributed by atoms with Crippen LogP contribution in [-0.2, 0) is 6.18 Å². The molecule has 1 fully saturated rings. The molecule has 0 bridgehead atoms. The van der Waals surface area contributed by atoms with Crippen molar-refractivity contribution in [3.63, 3.8) is 0 Å². The second-order valence-electron chi connectivity index (χ2n) is 3.90. The van der Waals surface area contributed by atoms with Gasteiger partial charge in [-0.3, -0.25) is 0 Å². The van der Waals surface area contributed by atoms with E-state index in [0.717, 1.165) is 24.0 Å². The van der Waals surface area contributed by atoms with Crippen LogP contribution in [0.15, 0.2) is 22.7 Å². The van der Waals surface area contributed by atoms with Crippen LogP contribution >= 0.6 is 27.7 Å². The number of hydrogen-bond acceptors (Lipinski definition) is 2. The average molecular weight is 326 g/mol. The summed E-state index contributed by atoms with van der Waals surface area (Å²) in [5, 5.41) is 3.14. The average Bonchev–Trinajstić information content (AvgIpc) is 2.72. The maximum atomic E-state index is 12.7. The molecule has 1 N–H and O–H groups in total. The zero-order chi connectivity index (χ0) is 12.5. The lowest BCUT2D eigenvalue weighted by Gasteiger charge is -2.15. The molecule has 0 saturated carbocycles. The summed E-state index contributed by atoms with van der Waals surface area (Å²) in [6.45, 7) is 0. The normalized spacial score (nSPS) is 20.6. The van der Waals surface area contributed by atoms with Crippen molar-refractivity contribution in [3.05, 3.63) is 28.2 Å². The van der Waals surface area contributed by atoms with Gasteiger partial charge in [-0.2, -0.15) is 24.9 Å². The van der Waals surface area contributed by atoms with Gasteiger partial charge in [0.05, 0.1) is 5.56 Å². The number of rotatable bonds is 2. The predicted octanol–water partition coefficient (Wildman–Crippen LogP) is 4.39. The lowest BCUT2D eigenvalue weighted by Crippen LogP contribution is -2.18. The standard InChI is InChI=1S/C11H11BrF3NS/c12-10-2-1-7(5-9(10)11(13,14)15)16-8-3-4-17-6-8/h1-2,5,8,16H,3-4,6H2. The minimum atomic E-state index is -4.32. The fourth-order valence-electron chi connectivity index (χ4n) is 1.72. The monoisotopic (exact) mass is 325 g/mol. The summed E-state index contributed by atoms with van der Waals surface area (Å²) in [5.41, 5.74) is -0.0961. The molecule has 1 nitrogen and oxygen atoms in total. The highest BCUT2D eigenvalue weighted by Crippen LogP contribution is 2.36. The molecule has 0 radical (unpaired) electrons. The van der Waals surface area contributed by atoms with Gasteiger partial charge in [-0.1, -0.05) is 15.9 Å². The Morgan fingerprint density at radius 1 is 1.35 bits per heavy atom. The molecule has 6 heteroatoms. The molecule has 1 heterocycles. The summed E-state index contributed by atoms with van der Waals surface area (Å²) in [7, 11) is 0. The molecular formula is C11H11BrF3NS. The van der Waals surface area contributed by atoms with Crippen LogP contribution in [0.2, 0.25) is 0 Å². The molecule has 1 aromatic carbocycles. The maximum Gasteiger partial charge on any atom is 0.417 e. The summed E-state index contributed by atoms with van der Waals surface area (Å²) in [6, 6.07) is 4.55. The van der Waals surface area contributed by atoms with Gasteiger partial charge in [0, 0.05) is 22.0 Å². The molecule has 17 heavy (non-hydrogen) atoms. The molecule has 1 saturated heterocycles. The molecule has 94 valence electrons. The Kier molecular flexibility index (Phi) is 3.92. The highest BCUT2D eigenvalue weighted by Gasteiger charge is 2.33.